The average Bonchev–Trinajstić information content (AvgIpc) is 3.22. The van der Waals surface area contributed by atoms with E-state index >= 15 is 0 Å². The summed E-state index contributed by atoms with van der Waals surface area (Å²) >= 11 is 6.02. The summed E-state index contributed by atoms with van der Waals surface area (Å²) < 4.78 is 16.3. The third-order valence-electron chi connectivity index (χ3n) is 3.99. The molecule has 0 atom stereocenters. The van der Waals surface area contributed by atoms with Gasteiger partial charge >= 0.3 is 0 Å². The van der Waals surface area contributed by atoms with E-state index in [1.165, 1.54) is 0 Å². The van der Waals surface area contributed by atoms with Crippen LogP contribution in [0.3, 0.4) is 0 Å². The molecule has 0 spiro atoms. The molecule has 0 fully saturated rings. The third kappa shape index (κ3) is 7.00. The number of anilines is 1. The van der Waals surface area contributed by atoms with Crippen LogP contribution in [0.15, 0.2) is 52.0 Å². The number of ether oxygens (including phenoxy) is 2. The number of halogens is 2. The summed E-state index contributed by atoms with van der Waals surface area (Å²) in [7, 11) is 1.61. The largest absolute Gasteiger partial charge is 0.493 e. The van der Waals surface area contributed by atoms with Crippen LogP contribution >= 0.6 is 35.6 Å². The molecule has 10 heteroatoms. The molecule has 0 bridgehead atoms. The normalized spacial score (nSPS) is 10.9. The first kappa shape index (κ1) is 24.7. The van der Waals surface area contributed by atoms with Gasteiger partial charge in [-0.1, -0.05) is 28.9 Å². The predicted octanol–water partition coefficient (Wildman–Crippen LogP) is 4.99. The van der Waals surface area contributed by atoms with Gasteiger partial charge in [-0.05, 0) is 38.1 Å². The first-order valence-corrected chi connectivity index (χ1v) is 9.95. The smallest absolute Gasteiger partial charge is 0.248 e. The SMILES string of the molecule is CCNC(=NCc1nc(-c2cccc(Cl)c2)no1)Nc1ccc(OC)c(OCC)c1.I. The molecule has 2 aromatic carbocycles. The molecule has 2 N–H and O–H groups in total. The highest BCUT2D eigenvalue weighted by Gasteiger charge is 2.10. The van der Waals surface area contributed by atoms with Gasteiger partial charge in [-0.15, -0.1) is 24.0 Å². The van der Waals surface area contributed by atoms with Crippen LogP contribution in [0.25, 0.3) is 11.4 Å². The van der Waals surface area contributed by atoms with Crippen molar-refractivity contribution in [3.05, 3.63) is 53.4 Å². The van der Waals surface area contributed by atoms with Gasteiger partial charge < -0.3 is 24.6 Å². The fourth-order valence-corrected chi connectivity index (χ4v) is 2.87. The molecule has 3 rings (SSSR count). The average molecular weight is 558 g/mol. The van der Waals surface area contributed by atoms with Crippen molar-refractivity contribution in [1.82, 2.24) is 15.5 Å². The van der Waals surface area contributed by atoms with Gasteiger partial charge in [0.15, 0.2) is 17.5 Å². The van der Waals surface area contributed by atoms with Gasteiger partial charge in [-0.25, -0.2) is 4.99 Å². The number of guanidine groups is 1. The van der Waals surface area contributed by atoms with Crippen molar-refractivity contribution in [2.75, 3.05) is 25.6 Å². The summed E-state index contributed by atoms with van der Waals surface area (Å²) in [6.45, 7) is 5.36. The first-order valence-electron chi connectivity index (χ1n) is 9.57. The molecule has 0 amide bonds. The Morgan fingerprint density at radius 3 is 2.71 bits per heavy atom. The number of hydrogen-bond donors (Lipinski definition) is 2. The number of aliphatic imine (C=N–C) groups is 1. The number of hydrogen-bond acceptors (Lipinski definition) is 6. The number of rotatable bonds is 8. The molecule has 31 heavy (non-hydrogen) atoms. The van der Waals surface area contributed by atoms with Crippen molar-refractivity contribution in [3.8, 4) is 22.9 Å². The van der Waals surface area contributed by atoms with E-state index in [2.05, 4.69) is 25.8 Å². The van der Waals surface area contributed by atoms with Gasteiger partial charge in [0, 0.05) is 28.9 Å². The lowest BCUT2D eigenvalue weighted by atomic mass is 10.2. The zero-order valence-electron chi connectivity index (χ0n) is 17.5. The quantitative estimate of drug-likeness (QED) is 0.229. The highest BCUT2D eigenvalue weighted by atomic mass is 127. The molecular formula is C21H25ClIN5O3. The Balaban J connectivity index is 0.00000341. The molecule has 1 heterocycles. The molecule has 0 aliphatic carbocycles. The second-order valence-corrected chi connectivity index (χ2v) is 6.58. The summed E-state index contributed by atoms with van der Waals surface area (Å²) in [4.78, 5) is 8.91. The minimum Gasteiger partial charge on any atom is -0.493 e. The Bertz CT molecular complexity index is 1010. The van der Waals surface area contributed by atoms with Crippen LogP contribution < -0.4 is 20.1 Å². The second kappa shape index (κ2) is 12.4. The number of methoxy groups -OCH3 is 1. The summed E-state index contributed by atoms with van der Waals surface area (Å²) in [5.41, 5.74) is 1.59. The van der Waals surface area contributed by atoms with E-state index in [1.807, 2.05) is 44.2 Å². The fourth-order valence-electron chi connectivity index (χ4n) is 2.68. The van der Waals surface area contributed by atoms with Gasteiger partial charge in [0.1, 0.15) is 6.54 Å². The molecule has 0 radical (unpaired) electrons. The minimum atomic E-state index is 0. The Morgan fingerprint density at radius 1 is 1.16 bits per heavy atom. The maximum atomic E-state index is 6.02. The number of nitrogens with one attached hydrogen (secondary N) is 2. The fraction of sp³-hybridized carbons (Fsp3) is 0.286. The zero-order chi connectivity index (χ0) is 21.3. The second-order valence-electron chi connectivity index (χ2n) is 6.14. The van der Waals surface area contributed by atoms with Gasteiger partial charge in [0.25, 0.3) is 0 Å². The van der Waals surface area contributed by atoms with Crippen LogP contribution in [0.4, 0.5) is 5.69 Å². The van der Waals surface area contributed by atoms with Crippen molar-refractivity contribution in [2.45, 2.75) is 20.4 Å². The molecule has 0 unspecified atom stereocenters. The number of benzene rings is 2. The van der Waals surface area contributed by atoms with Crippen LogP contribution in [0.5, 0.6) is 11.5 Å². The minimum absolute atomic E-state index is 0. The molecule has 166 valence electrons. The van der Waals surface area contributed by atoms with E-state index in [-0.39, 0.29) is 30.5 Å². The van der Waals surface area contributed by atoms with Gasteiger partial charge in [0.05, 0.1) is 13.7 Å². The first-order chi connectivity index (χ1) is 14.6. The van der Waals surface area contributed by atoms with Gasteiger partial charge in [-0.2, -0.15) is 4.98 Å². The van der Waals surface area contributed by atoms with E-state index in [0.29, 0.717) is 47.3 Å². The van der Waals surface area contributed by atoms with Gasteiger partial charge in [-0.3, -0.25) is 0 Å². The molecule has 1 aromatic heterocycles. The van der Waals surface area contributed by atoms with Crippen molar-refractivity contribution in [1.29, 1.82) is 0 Å². The van der Waals surface area contributed by atoms with E-state index < -0.39 is 0 Å². The lowest BCUT2D eigenvalue weighted by Crippen LogP contribution is -2.30. The predicted molar refractivity (Wildman–Crippen MR) is 133 cm³/mol. The van der Waals surface area contributed by atoms with Crippen LogP contribution in [0.1, 0.15) is 19.7 Å². The lowest BCUT2D eigenvalue weighted by Gasteiger charge is -2.14. The summed E-state index contributed by atoms with van der Waals surface area (Å²) in [6.07, 6.45) is 0. The van der Waals surface area contributed by atoms with E-state index in [9.17, 15) is 0 Å². The zero-order valence-corrected chi connectivity index (χ0v) is 20.6. The Morgan fingerprint density at radius 2 is 2.00 bits per heavy atom. The molecule has 8 nitrogen and oxygen atoms in total. The highest BCUT2D eigenvalue weighted by Crippen LogP contribution is 2.30. The molecule has 0 aliphatic heterocycles. The molecule has 0 aliphatic rings. The van der Waals surface area contributed by atoms with Crippen molar-refractivity contribution in [3.63, 3.8) is 0 Å². The van der Waals surface area contributed by atoms with E-state index in [0.717, 1.165) is 11.3 Å². The van der Waals surface area contributed by atoms with Crippen LogP contribution in [-0.4, -0.2) is 36.4 Å². The van der Waals surface area contributed by atoms with E-state index in [1.54, 1.807) is 19.2 Å². The summed E-state index contributed by atoms with van der Waals surface area (Å²) in [5, 5.41) is 11.0. The lowest BCUT2D eigenvalue weighted by molar-refractivity contribution is 0.311. The Kier molecular flexibility index (Phi) is 9.86. The molecule has 0 saturated heterocycles. The van der Waals surface area contributed by atoms with Crippen molar-refractivity contribution < 1.29 is 14.0 Å². The van der Waals surface area contributed by atoms with Crippen molar-refractivity contribution >= 4 is 47.2 Å². The van der Waals surface area contributed by atoms with Crippen LogP contribution in [-0.2, 0) is 6.54 Å². The van der Waals surface area contributed by atoms with Crippen LogP contribution in [0.2, 0.25) is 5.02 Å². The molecular weight excluding hydrogens is 533 g/mol. The molecule has 0 saturated carbocycles. The number of nitrogens with zero attached hydrogens (tertiary/aromatic N) is 3. The number of aromatic nitrogens is 2. The standard InChI is InChI=1S/C21H24ClN5O3.HI/c1-4-23-21(25-16-9-10-17(28-3)18(12-16)29-5-2)24-13-19-26-20(27-30-19)14-7-6-8-15(22)11-14;/h6-12H,4-5,13H2,1-3H3,(H2,23,24,25);1H. The van der Waals surface area contributed by atoms with Crippen molar-refractivity contribution in [2.24, 2.45) is 4.99 Å². The van der Waals surface area contributed by atoms with E-state index in [4.69, 9.17) is 25.6 Å². The highest BCUT2D eigenvalue weighted by molar-refractivity contribution is 14.0. The third-order valence-corrected chi connectivity index (χ3v) is 4.23. The Labute approximate surface area is 203 Å². The Hall–Kier alpha value is -2.53. The monoisotopic (exact) mass is 557 g/mol. The maximum Gasteiger partial charge on any atom is 0.248 e. The van der Waals surface area contributed by atoms with Gasteiger partial charge in [0.2, 0.25) is 11.7 Å². The molecule has 3 aromatic rings. The maximum absolute atomic E-state index is 6.02. The van der Waals surface area contributed by atoms with Crippen LogP contribution in [0, 0.1) is 0 Å². The topological polar surface area (TPSA) is 93.8 Å². The summed E-state index contributed by atoms with van der Waals surface area (Å²) in [6, 6.07) is 12.9. The summed E-state index contributed by atoms with van der Waals surface area (Å²) in [5.74, 6) is 2.77.